The molecule has 0 saturated carbocycles. The number of nitrogens with zero attached hydrogens (tertiary/aromatic N) is 3. The third-order valence-corrected chi connectivity index (χ3v) is 3.96. The monoisotopic (exact) mass is 366 g/mol. The van der Waals surface area contributed by atoms with Crippen molar-refractivity contribution in [1.29, 1.82) is 0 Å². The molecule has 3 aromatic rings. The molecule has 8 heteroatoms. The molecule has 1 heterocycles. The molecule has 0 aliphatic carbocycles. The number of aromatic nitrogens is 2. The lowest BCUT2D eigenvalue weighted by Crippen LogP contribution is -2.48. The number of hydrazine groups is 1. The number of nitrogens with one attached hydrogen (secondary N) is 1. The fraction of sp³-hybridized carbons (Fsp3) is 0.0556. The second kappa shape index (κ2) is 7.66. The minimum Gasteiger partial charge on any atom is -0.383 e. The van der Waals surface area contributed by atoms with Crippen molar-refractivity contribution in [3.8, 4) is 5.69 Å². The molecule has 5 N–H and O–H groups in total. The average Bonchev–Trinajstić information content (AvgIpc) is 3.04. The highest BCUT2D eigenvalue weighted by atomic mass is 32.1. The minimum atomic E-state index is -0.437. The molecular weight excluding hydrogens is 348 g/mol. The van der Waals surface area contributed by atoms with Gasteiger partial charge >= 0.3 is 0 Å². The highest BCUT2D eigenvalue weighted by Crippen LogP contribution is 2.17. The van der Waals surface area contributed by atoms with E-state index in [1.807, 2.05) is 60.7 Å². The first-order chi connectivity index (χ1) is 12.6. The zero-order valence-electron chi connectivity index (χ0n) is 13.9. The van der Waals surface area contributed by atoms with Crippen LogP contribution in [0.25, 0.3) is 5.69 Å². The molecule has 132 valence electrons. The van der Waals surface area contributed by atoms with E-state index in [1.54, 1.807) is 0 Å². The number of amides is 1. The first-order valence-corrected chi connectivity index (χ1v) is 8.28. The molecule has 0 aliphatic heterocycles. The van der Waals surface area contributed by atoms with E-state index in [-0.39, 0.29) is 16.5 Å². The van der Waals surface area contributed by atoms with E-state index in [9.17, 15) is 4.79 Å². The second-order valence-electron chi connectivity index (χ2n) is 5.54. The van der Waals surface area contributed by atoms with Crippen LogP contribution in [0.5, 0.6) is 0 Å². The molecule has 0 unspecified atom stereocenters. The number of anilines is 1. The summed E-state index contributed by atoms with van der Waals surface area (Å²) in [4.78, 5) is 12.6. The van der Waals surface area contributed by atoms with Crippen molar-refractivity contribution in [2.45, 2.75) is 6.54 Å². The SMILES string of the molecule is NC(=S)N(Cc1ccccc1)NC(=O)c1cnn(-c2ccccc2)c1N. The third kappa shape index (κ3) is 3.81. The van der Waals surface area contributed by atoms with Gasteiger partial charge in [0.25, 0.3) is 5.91 Å². The van der Waals surface area contributed by atoms with Gasteiger partial charge in [0.15, 0.2) is 5.11 Å². The van der Waals surface area contributed by atoms with E-state index < -0.39 is 5.91 Å². The van der Waals surface area contributed by atoms with Crippen molar-refractivity contribution < 1.29 is 4.79 Å². The zero-order chi connectivity index (χ0) is 18.5. The summed E-state index contributed by atoms with van der Waals surface area (Å²) in [6.07, 6.45) is 1.41. The van der Waals surface area contributed by atoms with Gasteiger partial charge in [-0.2, -0.15) is 5.10 Å². The molecule has 0 fully saturated rings. The Morgan fingerprint density at radius 3 is 2.35 bits per heavy atom. The van der Waals surface area contributed by atoms with Crippen LogP contribution in [0.3, 0.4) is 0 Å². The van der Waals surface area contributed by atoms with Crippen molar-refractivity contribution in [2.75, 3.05) is 5.73 Å². The Balaban J connectivity index is 1.78. The Kier molecular flexibility index (Phi) is 5.14. The maximum atomic E-state index is 12.6. The number of benzene rings is 2. The predicted octanol–water partition coefficient (Wildman–Crippen LogP) is 1.85. The van der Waals surface area contributed by atoms with Gasteiger partial charge in [0, 0.05) is 0 Å². The average molecular weight is 366 g/mol. The topological polar surface area (TPSA) is 102 Å². The lowest BCUT2D eigenvalue weighted by Gasteiger charge is -2.23. The molecule has 2 aromatic carbocycles. The number of carbonyl (C=O) groups excluding carboxylic acids is 1. The van der Waals surface area contributed by atoms with Gasteiger partial charge in [-0.15, -0.1) is 0 Å². The van der Waals surface area contributed by atoms with Crippen LogP contribution in [-0.4, -0.2) is 25.8 Å². The summed E-state index contributed by atoms with van der Waals surface area (Å²) in [5, 5.41) is 5.64. The van der Waals surface area contributed by atoms with Crippen LogP contribution in [0.15, 0.2) is 66.9 Å². The molecule has 0 saturated heterocycles. The maximum Gasteiger partial charge on any atom is 0.275 e. The number of rotatable bonds is 4. The second-order valence-corrected chi connectivity index (χ2v) is 5.96. The number of nitrogen functional groups attached to an aromatic ring is 1. The van der Waals surface area contributed by atoms with Crippen molar-refractivity contribution in [2.24, 2.45) is 5.73 Å². The number of thiocarbonyl (C=S) groups is 1. The number of hydrogen-bond acceptors (Lipinski definition) is 4. The molecule has 1 aromatic heterocycles. The Labute approximate surface area is 156 Å². The summed E-state index contributed by atoms with van der Waals surface area (Å²) in [5.74, 6) is -0.204. The van der Waals surface area contributed by atoms with Crippen LogP contribution in [0.1, 0.15) is 15.9 Å². The molecular formula is C18H18N6OS. The predicted molar refractivity (Wildman–Crippen MR) is 104 cm³/mol. The molecule has 0 radical (unpaired) electrons. The fourth-order valence-corrected chi connectivity index (χ4v) is 2.54. The van der Waals surface area contributed by atoms with Gasteiger partial charge in [0.05, 0.1) is 18.4 Å². The molecule has 0 aliphatic rings. The summed E-state index contributed by atoms with van der Waals surface area (Å²) in [7, 11) is 0. The van der Waals surface area contributed by atoms with Crippen molar-refractivity contribution >= 4 is 29.1 Å². The standard InChI is InChI=1S/C18H18N6OS/c19-16-15(11-21-24(16)14-9-5-2-6-10-14)17(25)22-23(18(20)26)12-13-7-3-1-4-8-13/h1-11H,12,19H2,(H2,20,26)(H,22,25). The highest BCUT2D eigenvalue weighted by Gasteiger charge is 2.19. The summed E-state index contributed by atoms with van der Waals surface area (Å²) >= 11 is 5.04. The molecule has 1 amide bonds. The normalized spacial score (nSPS) is 10.3. The Morgan fingerprint density at radius 2 is 1.73 bits per heavy atom. The third-order valence-electron chi connectivity index (χ3n) is 3.74. The molecule has 3 rings (SSSR count). The van der Waals surface area contributed by atoms with Crippen LogP contribution in [0.4, 0.5) is 5.82 Å². The Bertz CT molecular complexity index is 910. The van der Waals surface area contributed by atoms with E-state index in [0.717, 1.165) is 11.3 Å². The Hall–Kier alpha value is -3.39. The molecule has 0 bridgehead atoms. The molecule has 0 spiro atoms. The van der Waals surface area contributed by atoms with Gasteiger partial charge in [-0.25, -0.2) is 4.68 Å². The molecule has 0 atom stereocenters. The van der Waals surface area contributed by atoms with Crippen molar-refractivity contribution in [3.05, 3.63) is 78.0 Å². The Morgan fingerprint density at radius 1 is 1.12 bits per heavy atom. The maximum absolute atomic E-state index is 12.6. The van der Waals surface area contributed by atoms with Crippen LogP contribution in [0, 0.1) is 0 Å². The van der Waals surface area contributed by atoms with Gasteiger partial charge in [0.1, 0.15) is 11.4 Å². The van der Waals surface area contributed by atoms with E-state index in [2.05, 4.69) is 10.5 Å². The first-order valence-electron chi connectivity index (χ1n) is 7.87. The smallest absolute Gasteiger partial charge is 0.275 e. The minimum absolute atomic E-state index is 0.0521. The van der Waals surface area contributed by atoms with Crippen LogP contribution in [-0.2, 0) is 6.54 Å². The lowest BCUT2D eigenvalue weighted by atomic mass is 10.2. The fourth-order valence-electron chi connectivity index (χ4n) is 2.43. The summed E-state index contributed by atoms with van der Waals surface area (Å²) in [5.41, 5.74) is 16.5. The summed E-state index contributed by atoms with van der Waals surface area (Å²) < 4.78 is 1.50. The first kappa shape index (κ1) is 17.4. The van der Waals surface area contributed by atoms with Gasteiger partial charge < -0.3 is 11.5 Å². The van der Waals surface area contributed by atoms with Gasteiger partial charge in [0.2, 0.25) is 0 Å². The van der Waals surface area contributed by atoms with Crippen LogP contribution in [0.2, 0.25) is 0 Å². The number of hydrogen-bond donors (Lipinski definition) is 3. The number of para-hydroxylation sites is 1. The lowest BCUT2D eigenvalue weighted by molar-refractivity contribution is 0.0867. The van der Waals surface area contributed by atoms with Gasteiger partial charge in [-0.3, -0.25) is 15.2 Å². The van der Waals surface area contributed by atoms with E-state index in [1.165, 1.54) is 15.9 Å². The van der Waals surface area contributed by atoms with Crippen LogP contribution < -0.4 is 16.9 Å². The van der Waals surface area contributed by atoms with Crippen molar-refractivity contribution in [1.82, 2.24) is 20.2 Å². The highest BCUT2D eigenvalue weighted by molar-refractivity contribution is 7.80. The van der Waals surface area contributed by atoms with E-state index in [4.69, 9.17) is 23.7 Å². The van der Waals surface area contributed by atoms with E-state index in [0.29, 0.717) is 6.54 Å². The summed E-state index contributed by atoms with van der Waals surface area (Å²) in [6.45, 7) is 0.342. The zero-order valence-corrected chi connectivity index (χ0v) is 14.7. The van der Waals surface area contributed by atoms with Gasteiger partial charge in [-0.05, 0) is 29.9 Å². The number of carbonyl (C=O) groups is 1. The quantitative estimate of drug-likeness (QED) is 0.481. The number of nitrogens with two attached hydrogens (primary N) is 2. The van der Waals surface area contributed by atoms with E-state index >= 15 is 0 Å². The largest absolute Gasteiger partial charge is 0.383 e. The van der Waals surface area contributed by atoms with Gasteiger partial charge in [-0.1, -0.05) is 48.5 Å². The molecule has 7 nitrogen and oxygen atoms in total. The molecule has 26 heavy (non-hydrogen) atoms. The van der Waals surface area contributed by atoms with Crippen LogP contribution >= 0.6 is 12.2 Å². The van der Waals surface area contributed by atoms with Crippen molar-refractivity contribution in [3.63, 3.8) is 0 Å². The summed E-state index contributed by atoms with van der Waals surface area (Å²) in [6, 6.07) is 18.9.